The molecule has 0 fully saturated rings. The zero-order valence-electron chi connectivity index (χ0n) is 20.3. The van der Waals surface area contributed by atoms with Crippen LogP contribution in [0.3, 0.4) is 0 Å². The minimum atomic E-state index is -0.155. The lowest BCUT2D eigenvalue weighted by Gasteiger charge is -2.29. The molecule has 0 radical (unpaired) electrons. The molecule has 4 rings (SSSR count). The topological polar surface area (TPSA) is 80.4 Å². The second kappa shape index (κ2) is 10.9. The molecule has 0 aliphatic rings. The summed E-state index contributed by atoms with van der Waals surface area (Å²) in [5, 5.41) is 7.16. The number of carbonyl (C=O) groups is 2. The van der Waals surface area contributed by atoms with Gasteiger partial charge >= 0.3 is 0 Å². The van der Waals surface area contributed by atoms with E-state index < -0.39 is 0 Å². The van der Waals surface area contributed by atoms with E-state index in [0.29, 0.717) is 42.1 Å². The molecule has 7 heteroatoms. The lowest BCUT2D eigenvalue weighted by molar-refractivity contribution is 0.0721. The number of benzene rings is 2. The van der Waals surface area contributed by atoms with Gasteiger partial charge in [-0.3, -0.25) is 9.59 Å². The quantitative estimate of drug-likeness (QED) is 0.391. The number of carbonyl (C=O) groups excluding carboxylic acids is 2. The number of aryl methyl sites for hydroxylation is 2. The molecular weight excluding hydrogens is 440 g/mol. The van der Waals surface area contributed by atoms with E-state index in [1.54, 1.807) is 29.5 Å². The fraction of sp³-hybridized carbons (Fsp3) is 0.250. The SMILES string of the molecule is Cc1onc(-c2ccccc2)c1C(=O)N(C)C(CCNC(=O)c1cccn1C)Cc1ccccc1. The van der Waals surface area contributed by atoms with E-state index in [2.05, 4.69) is 10.5 Å². The summed E-state index contributed by atoms with van der Waals surface area (Å²) in [6, 6.07) is 23.1. The number of nitrogens with one attached hydrogen (secondary N) is 1. The van der Waals surface area contributed by atoms with Gasteiger partial charge in [0.15, 0.2) is 0 Å². The first-order chi connectivity index (χ1) is 17.0. The van der Waals surface area contributed by atoms with Crippen molar-refractivity contribution in [2.75, 3.05) is 13.6 Å². The van der Waals surface area contributed by atoms with Gasteiger partial charge in [0, 0.05) is 38.4 Å². The summed E-state index contributed by atoms with van der Waals surface area (Å²) in [7, 11) is 3.64. The van der Waals surface area contributed by atoms with Crippen LogP contribution in [0.4, 0.5) is 0 Å². The highest BCUT2D eigenvalue weighted by Crippen LogP contribution is 2.27. The first-order valence-electron chi connectivity index (χ1n) is 11.7. The fourth-order valence-corrected chi connectivity index (χ4v) is 4.22. The normalized spacial score (nSPS) is 11.7. The van der Waals surface area contributed by atoms with Crippen LogP contribution in [0.5, 0.6) is 0 Å². The van der Waals surface area contributed by atoms with Crippen LogP contribution in [0.2, 0.25) is 0 Å². The Balaban J connectivity index is 1.54. The molecule has 0 aliphatic heterocycles. The van der Waals surface area contributed by atoms with Crippen LogP contribution in [0.15, 0.2) is 83.5 Å². The van der Waals surface area contributed by atoms with E-state index in [0.717, 1.165) is 11.1 Å². The van der Waals surface area contributed by atoms with Crippen LogP contribution < -0.4 is 5.32 Å². The largest absolute Gasteiger partial charge is 0.360 e. The summed E-state index contributed by atoms with van der Waals surface area (Å²) < 4.78 is 7.21. The van der Waals surface area contributed by atoms with Gasteiger partial charge < -0.3 is 19.3 Å². The maximum Gasteiger partial charge on any atom is 0.267 e. The minimum absolute atomic E-state index is 0.133. The van der Waals surface area contributed by atoms with Crippen LogP contribution in [-0.4, -0.2) is 46.1 Å². The van der Waals surface area contributed by atoms with Crippen LogP contribution in [0.25, 0.3) is 11.3 Å². The summed E-state index contributed by atoms with van der Waals surface area (Å²) in [6.07, 6.45) is 3.09. The average Bonchev–Trinajstić information content (AvgIpc) is 3.49. The molecule has 2 aromatic carbocycles. The Labute approximate surface area is 205 Å². The second-order valence-corrected chi connectivity index (χ2v) is 8.64. The van der Waals surface area contributed by atoms with E-state index in [1.807, 2.05) is 80.0 Å². The van der Waals surface area contributed by atoms with Crippen LogP contribution in [0, 0.1) is 6.92 Å². The Morgan fingerprint density at radius 3 is 2.37 bits per heavy atom. The van der Waals surface area contributed by atoms with E-state index in [9.17, 15) is 9.59 Å². The van der Waals surface area contributed by atoms with Crippen molar-refractivity contribution in [2.45, 2.75) is 25.8 Å². The molecule has 35 heavy (non-hydrogen) atoms. The third-order valence-corrected chi connectivity index (χ3v) is 6.25. The summed E-state index contributed by atoms with van der Waals surface area (Å²) in [6.45, 7) is 2.19. The molecule has 2 aromatic heterocycles. The van der Waals surface area contributed by atoms with Crippen LogP contribution in [-0.2, 0) is 13.5 Å². The molecule has 0 bridgehead atoms. The van der Waals surface area contributed by atoms with Crippen molar-refractivity contribution < 1.29 is 14.1 Å². The molecule has 4 aromatic rings. The molecule has 0 saturated carbocycles. The van der Waals surface area contributed by atoms with Crippen molar-refractivity contribution in [1.82, 2.24) is 19.9 Å². The molecule has 180 valence electrons. The summed E-state index contributed by atoms with van der Waals surface area (Å²) in [5.74, 6) is 0.194. The zero-order valence-corrected chi connectivity index (χ0v) is 20.3. The van der Waals surface area contributed by atoms with Crippen LogP contribution in [0.1, 0.15) is 38.6 Å². The highest BCUT2D eigenvalue weighted by molar-refractivity contribution is 6.00. The predicted octanol–water partition coefficient (Wildman–Crippen LogP) is 4.49. The third kappa shape index (κ3) is 5.51. The molecule has 1 N–H and O–H groups in total. The first-order valence-corrected chi connectivity index (χ1v) is 11.7. The molecule has 1 atom stereocenters. The van der Waals surface area contributed by atoms with Gasteiger partial charge in [-0.1, -0.05) is 65.8 Å². The lowest BCUT2D eigenvalue weighted by Crippen LogP contribution is -2.41. The monoisotopic (exact) mass is 470 g/mol. The minimum Gasteiger partial charge on any atom is -0.360 e. The average molecular weight is 471 g/mol. The van der Waals surface area contributed by atoms with Gasteiger partial charge in [-0.2, -0.15) is 0 Å². The molecular formula is C28H30N4O3. The molecule has 2 amide bonds. The van der Waals surface area contributed by atoms with Gasteiger partial charge in [0.05, 0.1) is 0 Å². The van der Waals surface area contributed by atoms with Gasteiger partial charge in [-0.15, -0.1) is 0 Å². The number of aromatic nitrogens is 2. The van der Waals surface area contributed by atoms with E-state index >= 15 is 0 Å². The number of hydrogen-bond donors (Lipinski definition) is 1. The molecule has 0 spiro atoms. The molecule has 1 unspecified atom stereocenters. The Bertz CT molecular complexity index is 1280. The predicted molar refractivity (Wildman–Crippen MR) is 135 cm³/mol. The van der Waals surface area contributed by atoms with E-state index in [-0.39, 0.29) is 17.9 Å². The number of likely N-dealkylation sites (N-methyl/N-ethyl adjacent to an activating group) is 1. The van der Waals surface area contributed by atoms with Crippen LogP contribution >= 0.6 is 0 Å². The first kappa shape index (κ1) is 24.0. The van der Waals surface area contributed by atoms with E-state index in [1.165, 1.54) is 0 Å². The van der Waals surface area contributed by atoms with Crippen molar-refractivity contribution in [3.8, 4) is 11.3 Å². The Morgan fingerprint density at radius 2 is 1.71 bits per heavy atom. The van der Waals surface area contributed by atoms with Crippen molar-refractivity contribution in [1.29, 1.82) is 0 Å². The van der Waals surface area contributed by atoms with Gasteiger partial charge in [-0.05, 0) is 37.5 Å². The fourth-order valence-electron chi connectivity index (χ4n) is 4.22. The van der Waals surface area contributed by atoms with Crippen molar-refractivity contribution >= 4 is 11.8 Å². The summed E-state index contributed by atoms with van der Waals surface area (Å²) >= 11 is 0. The van der Waals surface area contributed by atoms with Gasteiger partial charge in [0.2, 0.25) is 0 Å². The number of nitrogens with zero attached hydrogens (tertiary/aromatic N) is 3. The Morgan fingerprint density at radius 1 is 1.03 bits per heavy atom. The zero-order chi connectivity index (χ0) is 24.8. The number of amides is 2. The molecule has 0 aliphatic carbocycles. The molecule has 2 heterocycles. The Kier molecular flexibility index (Phi) is 7.45. The van der Waals surface area contributed by atoms with Gasteiger partial charge in [0.25, 0.3) is 11.8 Å². The third-order valence-electron chi connectivity index (χ3n) is 6.25. The highest BCUT2D eigenvalue weighted by Gasteiger charge is 2.28. The smallest absolute Gasteiger partial charge is 0.267 e. The molecule has 0 saturated heterocycles. The Hall–Kier alpha value is -4.13. The number of rotatable bonds is 9. The maximum atomic E-state index is 13.7. The maximum absolute atomic E-state index is 13.7. The van der Waals surface area contributed by atoms with Gasteiger partial charge in [-0.25, -0.2) is 0 Å². The van der Waals surface area contributed by atoms with Crippen molar-refractivity contribution in [3.05, 3.63) is 102 Å². The van der Waals surface area contributed by atoms with Gasteiger partial charge in [0.1, 0.15) is 22.7 Å². The van der Waals surface area contributed by atoms with Crippen molar-refractivity contribution in [2.24, 2.45) is 7.05 Å². The lowest BCUT2D eigenvalue weighted by atomic mass is 10.00. The highest BCUT2D eigenvalue weighted by atomic mass is 16.5. The second-order valence-electron chi connectivity index (χ2n) is 8.64. The molecule has 7 nitrogen and oxygen atoms in total. The summed E-state index contributed by atoms with van der Waals surface area (Å²) in [5.41, 5.74) is 3.55. The van der Waals surface area contributed by atoms with Crippen molar-refractivity contribution in [3.63, 3.8) is 0 Å². The summed E-state index contributed by atoms with van der Waals surface area (Å²) in [4.78, 5) is 28.0. The number of hydrogen-bond acceptors (Lipinski definition) is 4. The van der Waals surface area contributed by atoms with E-state index in [4.69, 9.17) is 4.52 Å². The standard InChI is InChI=1S/C28H30N4O3/c1-20-25(26(30-35-20)22-13-8-5-9-14-22)28(34)32(3)23(19-21-11-6-4-7-12-21)16-17-29-27(33)24-15-10-18-31(24)2/h4-15,18,23H,16-17,19H2,1-3H3,(H,29,33).